The fourth-order valence-corrected chi connectivity index (χ4v) is 2.77. The van der Waals surface area contributed by atoms with E-state index >= 15 is 0 Å². The van der Waals surface area contributed by atoms with E-state index in [-0.39, 0.29) is 6.09 Å². The molecule has 0 N–H and O–H groups in total. The summed E-state index contributed by atoms with van der Waals surface area (Å²) in [5, 5.41) is 0.504. The Hall–Kier alpha value is -2.11. The van der Waals surface area contributed by atoms with Crippen LogP contribution in [0.2, 0.25) is 5.15 Å². The molecule has 0 unspecified atom stereocenters. The Bertz CT molecular complexity index is 656. The number of carbonyl (C=O) groups excluding carboxylic acids is 1. The van der Waals surface area contributed by atoms with E-state index in [4.69, 9.17) is 16.3 Å². The number of amides is 1. The first-order valence-electron chi connectivity index (χ1n) is 7.99. The molecule has 0 atom stereocenters. The van der Waals surface area contributed by atoms with Crippen molar-refractivity contribution in [2.24, 2.45) is 0 Å². The van der Waals surface area contributed by atoms with Crippen LogP contribution in [0.15, 0.2) is 48.7 Å². The van der Waals surface area contributed by atoms with E-state index in [1.807, 2.05) is 36.4 Å². The smallest absolute Gasteiger partial charge is 0.410 e. The van der Waals surface area contributed by atoms with Crippen molar-refractivity contribution < 1.29 is 9.53 Å². The molecule has 1 aliphatic rings. The van der Waals surface area contributed by atoms with Crippen molar-refractivity contribution in [1.82, 2.24) is 14.8 Å². The van der Waals surface area contributed by atoms with Crippen LogP contribution >= 0.6 is 11.6 Å². The molecule has 5 nitrogen and oxygen atoms in total. The van der Waals surface area contributed by atoms with Gasteiger partial charge in [0, 0.05) is 38.9 Å². The lowest BCUT2D eigenvalue weighted by atomic mass is 10.2. The molecule has 0 saturated carbocycles. The molecule has 1 amide bonds. The Morgan fingerprint density at radius 1 is 1.04 bits per heavy atom. The first kappa shape index (κ1) is 16.7. The first-order valence-corrected chi connectivity index (χ1v) is 8.37. The van der Waals surface area contributed by atoms with Crippen LogP contribution in [-0.4, -0.2) is 47.1 Å². The molecule has 2 heterocycles. The molecule has 0 radical (unpaired) electrons. The van der Waals surface area contributed by atoms with Gasteiger partial charge in [-0.15, -0.1) is 0 Å². The number of hydrogen-bond donors (Lipinski definition) is 0. The Labute approximate surface area is 146 Å². The molecule has 24 heavy (non-hydrogen) atoms. The van der Waals surface area contributed by atoms with E-state index in [1.54, 1.807) is 17.2 Å². The van der Waals surface area contributed by atoms with Gasteiger partial charge in [-0.05, 0) is 17.2 Å². The molecule has 126 valence electrons. The number of nitrogens with zero attached hydrogens (tertiary/aromatic N) is 3. The molecule has 0 spiro atoms. The lowest BCUT2D eigenvalue weighted by Gasteiger charge is -2.34. The van der Waals surface area contributed by atoms with Crippen molar-refractivity contribution in [3.8, 4) is 0 Å². The highest BCUT2D eigenvalue weighted by Gasteiger charge is 2.22. The molecular weight excluding hydrogens is 326 g/mol. The van der Waals surface area contributed by atoms with Gasteiger partial charge in [0.1, 0.15) is 11.8 Å². The molecule has 1 aromatic carbocycles. The van der Waals surface area contributed by atoms with E-state index < -0.39 is 0 Å². The van der Waals surface area contributed by atoms with Crippen molar-refractivity contribution in [2.75, 3.05) is 26.2 Å². The van der Waals surface area contributed by atoms with Crippen LogP contribution in [0.1, 0.15) is 11.1 Å². The average Bonchev–Trinajstić information content (AvgIpc) is 2.63. The number of benzene rings is 1. The van der Waals surface area contributed by atoms with Gasteiger partial charge in [-0.2, -0.15) is 0 Å². The topological polar surface area (TPSA) is 45.7 Å². The Morgan fingerprint density at radius 2 is 1.79 bits per heavy atom. The van der Waals surface area contributed by atoms with Gasteiger partial charge >= 0.3 is 6.09 Å². The zero-order valence-corrected chi connectivity index (χ0v) is 14.2. The van der Waals surface area contributed by atoms with Crippen LogP contribution in [0.25, 0.3) is 0 Å². The summed E-state index contributed by atoms with van der Waals surface area (Å²) < 4.78 is 5.38. The number of hydrogen-bond acceptors (Lipinski definition) is 4. The van der Waals surface area contributed by atoms with Crippen LogP contribution in [-0.2, 0) is 17.9 Å². The maximum Gasteiger partial charge on any atom is 0.410 e. The molecule has 6 heteroatoms. The van der Waals surface area contributed by atoms with Gasteiger partial charge in [-0.3, -0.25) is 4.90 Å². The number of rotatable bonds is 4. The summed E-state index contributed by atoms with van der Waals surface area (Å²) in [7, 11) is 0. The van der Waals surface area contributed by atoms with Crippen molar-refractivity contribution in [3.05, 3.63) is 64.9 Å². The van der Waals surface area contributed by atoms with Gasteiger partial charge in [-0.1, -0.05) is 48.0 Å². The van der Waals surface area contributed by atoms with Gasteiger partial charge in [-0.25, -0.2) is 9.78 Å². The third-order valence-electron chi connectivity index (χ3n) is 4.03. The highest BCUT2D eigenvalue weighted by atomic mass is 35.5. The largest absolute Gasteiger partial charge is 0.445 e. The molecule has 2 aromatic rings. The first-order chi connectivity index (χ1) is 11.7. The summed E-state index contributed by atoms with van der Waals surface area (Å²) in [5.74, 6) is 0. The SMILES string of the molecule is O=C(OCc1ccccc1)N1CCN(Cc2ccc(Cl)nc2)CC1. The summed E-state index contributed by atoms with van der Waals surface area (Å²) in [5.41, 5.74) is 2.12. The molecule has 0 bridgehead atoms. The lowest BCUT2D eigenvalue weighted by Crippen LogP contribution is -2.48. The fourth-order valence-electron chi connectivity index (χ4n) is 2.66. The zero-order chi connectivity index (χ0) is 16.8. The zero-order valence-electron chi connectivity index (χ0n) is 13.4. The summed E-state index contributed by atoms with van der Waals surface area (Å²) in [6.45, 7) is 4.13. The maximum atomic E-state index is 12.1. The number of ether oxygens (including phenoxy) is 1. The third-order valence-corrected chi connectivity index (χ3v) is 4.25. The van der Waals surface area contributed by atoms with E-state index in [0.717, 1.165) is 30.8 Å². The predicted molar refractivity (Wildman–Crippen MR) is 92.7 cm³/mol. The van der Waals surface area contributed by atoms with E-state index in [1.165, 1.54) is 0 Å². The van der Waals surface area contributed by atoms with Crippen LogP contribution in [0.3, 0.4) is 0 Å². The normalized spacial score (nSPS) is 15.3. The highest BCUT2D eigenvalue weighted by molar-refractivity contribution is 6.29. The summed E-state index contributed by atoms with van der Waals surface area (Å²) in [4.78, 5) is 20.3. The second-order valence-electron chi connectivity index (χ2n) is 5.79. The summed E-state index contributed by atoms with van der Waals surface area (Å²) in [6, 6.07) is 13.5. The fraction of sp³-hybridized carbons (Fsp3) is 0.333. The van der Waals surface area contributed by atoms with E-state index in [2.05, 4.69) is 9.88 Å². The van der Waals surface area contributed by atoms with Gasteiger partial charge in [0.2, 0.25) is 0 Å². The number of piperazine rings is 1. The predicted octanol–water partition coefficient (Wildman–Crippen LogP) is 3.19. The van der Waals surface area contributed by atoms with Crippen molar-refractivity contribution in [1.29, 1.82) is 0 Å². The standard InChI is InChI=1S/C18H20ClN3O2/c19-17-7-6-16(12-20-17)13-21-8-10-22(11-9-21)18(23)24-14-15-4-2-1-3-5-15/h1-7,12H,8-11,13-14H2. The molecule has 1 aromatic heterocycles. The van der Waals surface area contributed by atoms with Gasteiger partial charge in [0.05, 0.1) is 0 Å². The lowest BCUT2D eigenvalue weighted by molar-refractivity contribution is 0.0700. The highest BCUT2D eigenvalue weighted by Crippen LogP contribution is 2.11. The van der Waals surface area contributed by atoms with Crippen LogP contribution in [0, 0.1) is 0 Å². The molecular formula is C18H20ClN3O2. The van der Waals surface area contributed by atoms with Crippen LogP contribution < -0.4 is 0 Å². The minimum Gasteiger partial charge on any atom is -0.445 e. The molecule has 1 fully saturated rings. The Morgan fingerprint density at radius 3 is 2.46 bits per heavy atom. The minimum absolute atomic E-state index is 0.244. The van der Waals surface area contributed by atoms with Crippen LogP contribution in [0.5, 0.6) is 0 Å². The summed E-state index contributed by atoms with van der Waals surface area (Å²) >= 11 is 5.80. The Kier molecular flexibility index (Phi) is 5.67. The second kappa shape index (κ2) is 8.13. The monoisotopic (exact) mass is 345 g/mol. The molecule has 3 rings (SSSR count). The van der Waals surface area contributed by atoms with Crippen LogP contribution in [0.4, 0.5) is 4.79 Å². The molecule has 0 aliphatic carbocycles. The number of carbonyl (C=O) groups is 1. The molecule has 1 saturated heterocycles. The summed E-state index contributed by atoms with van der Waals surface area (Å²) in [6.07, 6.45) is 1.55. The van der Waals surface area contributed by atoms with Gasteiger partial charge < -0.3 is 9.64 Å². The van der Waals surface area contributed by atoms with Crippen molar-refractivity contribution in [3.63, 3.8) is 0 Å². The minimum atomic E-state index is -0.244. The second-order valence-corrected chi connectivity index (χ2v) is 6.18. The Balaban J connectivity index is 1.42. The van der Waals surface area contributed by atoms with Gasteiger partial charge in [0.15, 0.2) is 0 Å². The molecule has 1 aliphatic heterocycles. The van der Waals surface area contributed by atoms with Crippen molar-refractivity contribution in [2.45, 2.75) is 13.2 Å². The van der Waals surface area contributed by atoms with E-state index in [0.29, 0.717) is 24.8 Å². The van der Waals surface area contributed by atoms with Gasteiger partial charge in [0.25, 0.3) is 0 Å². The van der Waals surface area contributed by atoms with Crippen molar-refractivity contribution >= 4 is 17.7 Å². The number of aromatic nitrogens is 1. The number of halogens is 1. The number of pyridine rings is 1. The van der Waals surface area contributed by atoms with E-state index in [9.17, 15) is 4.79 Å². The third kappa shape index (κ3) is 4.69. The average molecular weight is 346 g/mol. The quantitative estimate of drug-likeness (QED) is 0.798. The maximum absolute atomic E-state index is 12.1.